The van der Waals surface area contributed by atoms with Crippen molar-refractivity contribution in [2.45, 2.75) is 57.3 Å². The molecule has 7 heteroatoms. The summed E-state index contributed by atoms with van der Waals surface area (Å²) in [7, 11) is -3.57. The second-order valence-corrected chi connectivity index (χ2v) is 10.9. The number of anilines is 1. The molecule has 0 spiro atoms. The van der Waals surface area contributed by atoms with E-state index in [2.05, 4.69) is 19.2 Å². The molecule has 152 valence electrons. The van der Waals surface area contributed by atoms with E-state index in [0.29, 0.717) is 13.1 Å². The fourth-order valence-corrected chi connectivity index (χ4v) is 6.51. The molecule has 1 saturated heterocycles. The first-order valence-electron chi connectivity index (χ1n) is 9.86. The van der Waals surface area contributed by atoms with E-state index in [1.54, 1.807) is 22.5 Å². The number of benzene rings is 1. The standard InChI is InChI=1S/C20H31ClN2O3S/c1-19-9-10-20(19,2)15-23(14-19)27(25,26)18-8-7-16(13-17(18)21)22-11-5-3-4-6-12-24/h7-8,13,22,24H,3-6,9-12,14-15H2,1-2H3/t19-,20+. The maximum absolute atomic E-state index is 13.1. The van der Waals surface area contributed by atoms with Crippen LogP contribution in [0.4, 0.5) is 5.69 Å². The Balaban J connectivity index is 1.63. The van der Waals surface area contributed by atoms with Crippen LogP contribution >= 0.6 is 11.6 Å². The van der Waals surface area contributed by atoms with Gasteiger partial charge in [-0.1, -0.05) is 38.3 Å². The molecule has 0 amide bonds. The van der Waals surface area contributed by atoms with Crippen LogP contribution in [0.25, 0.3) is 0 Å². The third-order valence-electron chi connectivity index (χ3n) is 6.70. The largest absolute Gasteiger partial charge is 0.396 e. The summed E-state index contributed by atoms with van der Waals surface area (Å²) < 4.78 is 27.9. The van der Waals surface area contributed by atoms with E-state index in [-0.39, 0.29) is 27.4 Å². The van der Waals surface area contributed by atoms with E-state index in [0.717, 1.165) is 50.8 Å². The molecule has 0 bridgehead atoms. The third-order valence-corrected chi connectivity index (χ3v) is 8.97. The smallest absolute Gasteiger partial charge is 0.244 e. The van der Waals surface area contributed by atoms with Crippen LogP contribution in [0.1, 0.15) is 52.4 Å². The van der Waals surface area contributed by atoms with Gasteiger partial charge in [-0.25, -0.2) is 8.42 Å². The van der Waals surface area contributed by atoms with E-state index in [9.17, 15) is 8.42 Å². The number of sulfonamides is 1. The van der Waals surface area contributed by atoms with Gasteiger partial charge >= 0.3 is 0 Å². The van der Waals surface area contributed by atoms with Crippen molar-refractivity contribution >= 4 is 27.3 Å². The highest BCUT2D eigenvalue weighted by molar-refractivity contribution is 7.89. The number of rotatable bonds is 9. The van der Waals surface area contributed by atoms with Crippen molar-refractivity contribution in [3.05, 3.63) is 23.2 Å². The average Bonchev–Trinajstić information content (AvgIpc) is 2.80. The highest BCUT2D eigenvalue weighted by atomic mass is 35.5. The van der Waals surface area contributed by atoms with Crippen LogP contribution in [-0.4, -0.2) is 44.1 Å². The normalized spacial score (nSPS) is 28.0. The van der Waals surface area contributed by atoms with E-state index in [1.807, 2.05) is 0 Å². The Hall–Kier alpha value is -0.820. The van der Waals surface area contributed by atoms with E-state index in [4.69, 9.17) is 16.7 Å². The molecule has 1 saturated carbocycles. The number of halogens is 1. The summed E-state index contributed by atoms with van der Waals surface area (Å²) in [5.41, 5.74) is 1.01. The molecule has 1 aliphatic heterocycles. The van der Waals surface area contributed by atoms with Gasteiger partial charge in [-0.3, -0.25) is 0 Å². The lowest BCUT2D eigenvalue weighted by Crippen LogP contribution is -2.45. The number of fused-ring (bicyclic) bond motifs is 1. The number of nitrogens with zero attached hydrogens (tertiary/aromatic N) is 1. The van der Waals surface area contributed by atoms with Crippen LogP contribution in [0.2, 0.25) is 5.02 Å². The second kappa shape index (κ2) is 7.90. The van der Waals surface area contributed by atoms with E-state index >= 15 is 0 Å². The number of aliphatic hydroxyl groups excluding tert-OH is 1. The minimum atomic E-state index is -3.57. The quantitative estimate of drug-likeness (QED) is 0.596. The molecule has 0 unspecified atom stereocenters. The summed E-state index contributed by atoms with van der Waals surface area (Å²) in [6.07, 6.45) is 6.09. The lowest BCUT2D eigenvalue weighted by atomic mass is 9.53. The Kier molecular flexibility index (Phi) is 6.11. The van der Waals surface area contributed by atoms with Gasteiger partial charge < -0.3 is 10.4 Å². The van der Waals surface area contributed by atoms with Crippen LogP contribution in [0.5, 0.6) is 0 Å². The Morgan fingerprint density at radius 2 is 1.74 bits per heavy atom. The maximum Gasteiger partial charge on any atom is 0.244 e. The molecule has 27 heavy (non-hydrogen) atoms. The monoisotopic (exact) mass is 414 g/mol. The molecule has 1 aromatic carbocycles. The van der Waals surface area contributed by atoms with Gasteiger partial charge in [-0.05, 0) is 54.7 Å². The molecular formula is C20H31ClN2O3S. The summed E-state index contributed by atoms with van der Waals surface area (Å²) in [6.45, 7) is 6.60. The molecule has 0 aromatic heterocycles. The van der Waals surface area contributed by atoms with Crippen molar-refractivity contribution in [1.82, 2.24) is 4.31 Å². The van der Waals surface area contributed by atoms with Gasteiger partial charge in [0.05, 0.1) is 5.02 Å². The molecule has 2 aliphatic rings. The summed E-state index contributed by atoms with van der Waals surface area (Å²) in [5, 5.41) is 12.3. The Morgan fingerprint density at radius 1 is 1.11 bits per heavy atom. The first kappa shape index (κ1) is 20.9. The van der Waals surface area contributed by atoms with Gasteiger partial charge in [0.15, 0.2) is 0 Å². The van der Waals surface area contributed by atoms with Gasteiger partial charge in [-0.2, -0.15) is 4.31 Å². The zero-order chi connectivity index (χ0) is 19.7. The van der Waals surface area contributed by atoms with E-state index < -0.39 is 10.0 Å². The minimum absolute atomic E-state index is 0.0874. The van der Waals surface area contributed by atoms with Crippen molar-refractivity contribution in [2.75, 3.05) is 31.6 Å². The fraction of sp³-hybridized carbons (Fsp3) is 0.700. The summed E-state index contributed by atoms with van der Waals surface area (Å²) in [6, 6.07) is 5.12. The summed E-state index contributed by atoms with van der Waals surface area (Å²) >= 11 is 6.36. The van der Waals surface area contributed by atoms with Crippen LogP contribution in [0.15, 0.2) is 23.1 Å². The molecule has 5 nitrogen and oxygen atoms in total. The van der Waals surface area contributed by atoms with Crippen LogP contribution in [0.3, 0.4) is 0 Å². The fourth-order valence-electron chi connectivity index (χ4n) is 4.30. The summed E-state index contributed by atoms with van der Waals surface area (Å²) in [5.74, 6) is 0. The topological polar surface area (TPSA) is 69.6 Å². The highest BCUT2D eigenvalue weighted by Gasteiger charge is 2.60. The van der Waals surface area contributed by atoms with Crippen molar-refractivity contribution < 1.29 is 13.5 Å². The molecular weight excluding hydrogens is 384 g/mol. The van der Waals surface area contributed by atoms with Crippen molar-refractivity contribution in [1.29, 1.82) is 0 Å². The second-order valence-electron chi connectivity index (χ2n) is 8.60. The first-order chi connectivity index (χ1) is 12.7. The van der Waals surface area contributed by atoms with Crippen LogP contribution < -0.4 is 5.32 Å². The molecule has 2 fully saturated rings. The maximum atomic E-state index is 13.1. The first-order valence-corrected chi connectivity index (χ1v) is 11.7. The minimum Gasteiger partial charge on any atom is -0.396 e. The van der Waals surface area contributed by atoms with E-state index in [1.165, 1.54) is 0 Å². The number of hydrogen-bond donors (Lipinski definition) is 2. The van der Waals surface area contributed by atoms with Gasteiger partial charge in [0.25, 0.3) is 0 Å². The van der Waals surface area contributed by atoms with Gasteiger partial charge in [0, 0.05) is 31.9 Å². The number of aliphatic hydroxyl groups is 1. The number of unbranched alkanes of at least 4 members (excludes halogenated alkanes) is 3. The van der Waals surface area contributed by atoms with Crippen LogP contribution in [0, 0.1) is 10.8 Å². The van der Waals surface area contributed by atoms with Crippen LogP contribution in [-0.2, 0) is 10.0 Å². The average molecular weight is 415 g/mol. The van der Waals surface area contributed by atoms with Crippen molar-refractivity contribution in [3.63, 3.8) is 0 Å². The molecule has 1 aliphatic carbocycles. The number of hydrogen-bond acceptors (Lipinski definition) is 4. The molecule has 2 atom stereocenters. The van der Waals surface area contributed by atoms with Crippen molar-refractivity contribution in [3.8, 4) is 0 Å². The third kappa shape index (κ3) is 4.00. The predicted molar refractivity (Wildman–Crippen MR) is 110 cm³/mol. The highest BCUT2D eigenvalue weighted by Crippen LogP contribution is 2.61. The van der Waals surface area contributed by atoms with Gasteiger partial charge in [0.1, 0.15) is 4.90 Å². The Labute approximate surface area is 168 Å². The SMILES string of the molecule is C[C@@]12CC[C@]1(C)CN(S(=O)(=O)c1ccc(NCCCCCCO)cc1Cl)C2. The number of nitrogens with one attached hydrogen (secondary N) is 1. The van der Waals surface area contributed by atoms with Gasteiger partial charge in [-0.15, -0.1) is 0 Å². The predicted octanol–water partition coefficient (Wildman–Crippen LogP) is 4.12. The Morgan fingerprint density at radius 3 is 2.30 bits per heavy atom. The lowest BCUT2D eigenvalue weighted by molar-refractivity contribution is 0.00430. The molecule has 1 aromatic rings. The lowest BCUT2D eigenvalue weighted by Gasteiger charge is -2.50. The zero-order valence-electron chi connectivity index (χ0n) is 16.3. The molecule has 3 rings (SSSR count). The summed E-state index contributed by atoms with van der Waals surface area (Å²) in [4.78, 5) is 0.200. The molecule has 0 radical (unpaired) electrons. The molecule has 2 N–H and O–H groups in total. The Bertz CT molecular complexity index is 767. The molecule has 1 heterocycles. The van der Waals surface area contributed by atoms with Crippen molar-refractivity contribution in [2.24, 2.45) is 10.8 Å². The van der Waals surface area contributed by atoms with Gasteiger partial charge in [0.2, 0.25) is 10.0 Å². The zero-order valence-corrected chi connectivity index (χ0v) is 17.9.